The van der Waals surface area contributed by atoms with Crippen molar-refractivity contribution in [3.05, 3.63) is 29.3 Å². The van der Waals surface area contributed by atoms with Gasteiger partial charge in [0.05, 0.1) is 16.8 Å². The van der Waals surface area contributed by atoms with Gasteiger partial charge in [0.25, 0.3) is 6.43 Å². The number of nitrogens with zero attached hydrogens (tertiary/aromatic N) is 1. The summed E-state index contributed by atoms with van der Waals surface area (Å²) in [6.07, 6.45) is -9.53. The number of halogens is 5. The second-order valence-electron chi connectivity index (χ2n) is 3.65. The van der Waals surface area contributed by atoms with Gasteiger partial charge in [-0.05, 0) is 18.2 Å². The van der Waals surface area contributed by atoms with E-state index in [9.17, 15) is 22.0 Å². The molecule has 0 amide bonds. The number of nitriles is 1. The zero-order chi connectivity index (χ0) is 14.6. The van der Waals surface area contributed by atoms with Crippen LogP contribution in [0.5, 0.6) is 0 Å². The van der Waals surface area contributed by atoms with Gasteiger partial charge in [-0.1, -0.05) is 0 Å². The molecule has 0 radical (unpaired) electrons. The highest BCUT2D eigenvalue weighted by Gasteiger charge is 2.31. The molecule has 104 valence electrons. The Labute approximate surface area is 105 Å². The molecule has 0 aliphatic carbocycles. The monoisotopic (exact) mass is 280 g/mol. The first-order chi connectivity index (χ1) is 8.75. The van der Waals surface area contributed by atoms with E-state index >= 15 is 0 Å². The number of alkyl halides is 5. The zero-order valence-corrected chi connectivity index (χ0v) is 9.38. The van der Waals surface area contributed by atoms with Gasteiger partial charge in [0.15, 0.2) is 0 Å². The van der Waals surface area contributed by atoms with Crippen molar-refractivity contribution in [2.45, 2.75) is 18.7 Å². The summed E-state index contributed by atoms with van der Waals surface area (Å²) in [4.78, 5) is 0. The highest BCUT2D eigenvalue weighted by atomic mass is 19.4. The van der Waals surface area contributed by atoms with E-state index in [2.05, 4.69) is 5.32 Å². The smallest absolute Gasteiger partial charge is 0.385 e. The van der Waals surface area contributed by atoms with E-state index in [1.165, 1.54) is 6.07 Å². The highest BCUT2D eigenvalue weighted by molar-refractivity contribution is 5.59. The Bertz CT molecular complexity index is 481. The van der Waals surface area contributed by atoms with Gasteiger partial charge in [0.2, 0.25) is 0 Å². The van der Waals surface area contributed by atoms with E-state index in [4.69, 9.17) is 10.4 Å². The van der Waals surface area contributed by atoms with E-state index in [1.54, 1.807) is 0 Å². The van der Waals surface area contributed by atoms with Gasteiger partial charge in [-0.3, -0.25) is 0 Å². The van der Waals surface area contributed by atoms with Crippen LogP contribution in [0.4, 0.5) is 27.6 Å². The first kappa shape index (κ1) is 15.2. The lowest BCUT2D eigenvalue weighted by molar-refractivity contribution is -0.137. The average Bonchev–Trinajstić information content (AvgIpc) is 2.34. The molecule has 0 aromatic heterocycles. The standard InChI is InChI=1S/C11H9F5N2O/c12-10(13)9(19)5-18-8-2-1-7(11(14,15)16)3-6(8)4-17/h1-3,9-10,18-19H,5H2. The SMILES string of the molecule is N#Cc1cc(C(F)(F)F)ccc1NCC(O)C(F)F. The fourth-order valence-corrected chi connectivity index (χ4v) is 1.27. The molecule has 0 saturated heterocycles. The molecule has 1 aromatic rings. The first-order valence-electron chi connectivity index (χ1n) is 5.07. The number of hydrogen-bond donors (Lipinski definition) is 2. The number of hydrogen-bond acceptors (Lipinski definition) is 3. The molecular weight excluding hydrogens is 271 g/mol. The molecule has 0 fully saturated rings. The number of nitrogens with one attached hydrogen (secondary N) is 1. The van der Waals surface area contributed by atoms with Crippen molar-refractivity contribution in [3.8, 4) is 6.07 Å². The fraction of sp³-hybridized carbons (Fsp3) is 0.364. The summed E-state index contributed by atoms with van der Waals surface area (Å²) >= 11 is 0. The van der Waals surface area contributed by atoms with Crippen LogP contribution in [0.2, 0.25) is 0 Å². The van der Waals surface area contributed by atoms with Crippen molar-refractivity contribution in [1.29, 1.82) is 5.26 Å². The zero-order valence-electron chi connectivity index (χ0n) is 9.38. The second kappa shape index (κ2) is 5.84. The topological polar surface area (TPSA) is 56.0 Å². The Kier molecular flexibility index (Phi) is 4.67. The van der Waals surface area contributed by atoms with Crippen LogP contribution in [0.1, 0.15) is 11.1 Å². The van der Waals surface area contributed by atoms with Crippen LogP contribution in [-0.4, -0.2) is 24.2 Å². The van der Waals surface area contributed by atoms with E-state index in [0.29, 0.717) is 6.07 Å². The number of benzene rings is 1. The van der Waals surface area contributed by atoms with E-state index in [0.717, 1.165) is 12.1 Å². The van der Waals surface area contributed by atoms with Crippen molar-refractivity contribution in [1.82, 2.24) is 0 Å². The lowest BCUT2D eigenvalue weighted by atomic mass is 10.1. The Morgan fingerprint density at radius 1 is 1.32 bits per heavy atom. The quantitative estimate of drug-likeness (QED) is 0.833. The molecule has 1 rings (SSSR count). The molecular formula is C11H9F5N2O. The molecule has 0 saturated carbocycles. The number of rotatable bonds is 4. The summed E-state index contributed by atoms with van der Waals surface area (Å²) in [5, 5.41) is 19.9. The maximum absolute atomic E-state index is 12.4. The van der Waals surface area contributed by atoms with Crippen molar-refractivity contribution < 1.29 is 27.1 Å². The van der Waals surface area contributed by atoms with E-state index in [-0.39, 0.29) is 11.3 Å². The third-order valence-electron chi connectivity index (χ3n) is 2.26. The summed E-state index contributed by atoms with van der Waals surface area (Å²) in [7, 11) is 0. The van der Waals surface area contributed by atoms with Crippen LogP contribution in [0.3, 0.4) is 0 Å². The molecule has 19 heavy (non-hydrogen) atoms. The minimum absolute atomic E-state index is 0.0461. The van der Waals surface area contributed by atoms with E-state index < -0.39 is 30.8 Å². The van der Waals surface area contributed by atoms with Gasteiger partial charge in [0, 0.05) is 6.54 Å². The van der Waals surface area contributed by atoms with Gasteiger partial charge < -0.3 is 10.4 Å². The molecule has 0 aliphatic rings. The Hall–Kier alpha value is -1.88. The summed E-state index contributed by atoms with van der Waals surface area (Å²) < 4.78 is 61.2. The predicted octanol–water partition coefficient (Wildman–Crippen LogP) is 2.61. The Morgan fingerprint density at radius 2 is 1.95 bits per heavy atom. The molecule has 0 heterocycles. The molecule has 8 heteroatoms. The number of anilines is 1. The first-order valence-corrected chi connectivity index (χ1v) is 5.07. The van der Waals surface area contributed by atoms with Crippen molar-refractivity contribution >= 4 is 5.69 Å². The van der Waals surface area contributed by atoms with Crippen LogP contribution >= 0.6 is 0 Å². The maximum atomic E-state index is 12.4. The van der Waals surface area contributed by atoms with Crippen molar-refractivity contribution in [2.75, 3.05) is 11.9 Å². The normalized spacial score (nSPS) is 13.2. The Balaban J connectivity index is 2.89. The van der Waals surface area contributed by atoms with Gasteiger partial charge in [-0.2, -0.15) is 18.4 Å². The molecule has 1 aromatic carbocycles. The van der Waals surface area contributed by atoms with Crippen molar-refractivity contribution in [3.63, 3.8) is 0 Å². The van der Waals surface area contributed by atoms with Crippen LogP contribution in [-0.2, 0) is 6.18 Å². The lowest BCUT2D eigenvalue weighted by Crippen LogP contribution is -2.27. The third kappa shape index (κ3) is 4.06. The summed E-state index contributed by atoms with van der Waals surface area (Å²) in [5.74, 6) is 0. The lowest BCUT2D eigenvalue weighted by Gasteiger charge is -2.14. The van der Waals surface area contributed by atoms with Crippen LogP contribution in [0.25, 0.3) is 0 Å². The minimum atomic E-state index is -4.59. The fourth-order valence-electron chi connectivity index (χ4n) is 1.27. The third-order valence-corrected chi connectivity index (χ3v) is 2.26. The van der Waals surface area contributed by atoms with Crippen LogP contribution < -0.4 is 5.32 Å². The van der Waals surface area contributed by atoms with Crippen LogP contribution in [0, 0.1) is 11.3 Å². The van der Waals surface area contributed by atoms with Gasteiger partial charge in [-0.15, -0.1) is 0 Å². The molecule has 0 bridgehead atoms. The molecule has 2 N–H and O–H groups in total. The largest absolute Gasteiger partial charge is 0.416 e. The summed E-state index contributed by atoms with van der Waals surface area (Å²) in [6.45, 7) is -0.572. The van der Waals surface area contributed by atoms with Gasteiger partial charge in [-0.25, -0.2) is 8.78 Å². The van der Waals surface area contributed by atoms with E-state index in [1.807, 2.05) is 0 Å². The summed E-state index contributed by atoms with van der Waals surface area (Å²) in [6, 6.07) is 3.82. The molecule has 0 aliphatic heterocycles. The summed E-state index contributed by atoms with van der Waals surface area (Å²) in [5.41, 5.74) is -1.39. The minimum Gasteiger partial charge on any atom is -0.385 e. The number of aliphatic hydroxyl groups excluding tert-OH is 1. The van der Waals surface area contributed by atoms with Crippen LogP contribution in [0.15, 0.2) is 18.2 Å². The Morgan fingerprint density at radius 3 is 2.42 bits per heavy atom. The van der Waals surface area contributed by atoms with Gasteiger partial charge >= 0.3 is 6.18 Å². The van der Waals surface area contributed by atoms with Gasteiger partial charge in [0.1, 0.15) is 12.2 Å². The molecule has 1 unspecified atom stereocenters. The number of aliphatic hydroxyl groups is 1. The average molecular weight is 280 g/mol. The predicted molar refractivity (Wildman–Crippen MR) is 56.7 cm³/mol. The highest BCUT2D eigenvalue weighted by Crippen LogP contribution is 2.31. The maximum Gasteiger partial charge on any atom is 0.416 e. The molecule has 1 atom stereocenters. The second-order valence-corrected chi connectivity index (χ2v) is 3.65. The van der Waals surface area contributed by atoms with Crippen molar-refractivity contribution in [2.24, 2.45) is 0 Å². The molecule has 0 spiro atoms. The molecule has 3 nitrogen and oxygen atoms in total.